The second-order valence-corrected chi connectivity index (χ2v) is 12.7. The van der Waals surface area contributed by atoms with E-state index in [1.165, 1.54) is 79.3 Å². The number of thiophene rings is 2. The van der Waals surface area contributed by atoms with Crippen molar-refractivity contribution in [3.63, 3.8) is 0 Å². The Morgan fingerprint density at radius 1 is 0.439 bits per heavy atom. The van der Waals surface area contributed by atoms with Crippen LogP contribution in [0.15, 0.2) is 140 Å². The maximum Gasteiger partial charge on any atom is 0.0734 e. The number of aromatic nitrogens is 1. The van der Waals surface area contributed by atoms with Gasteiger partial charge in [-0.15, -0.1) is 22.7 Å². The lowest BCUT2D eigenvalue weighted by Gasteiger charge is -2.10. The van der Waals surface area contributed by atoms with Crippen molar-refractivity contribution >= 4 is 74.1 Å². The summed E-state index contributed by atoms with van der Waals surface area (Å²) in [6, 6.07) is 50.9. The molecule has 9 aromatic rings. The van der Waals surface area contributed by atoms with Crippen LogP contribution in [-0.4, -0.2) is 4.57 Å². The van der Waals surface area contributed by atoms with E-state index in [1.807, 2.05) is 22.7 Å². The molecule has 3 heteroatoms. The van der Waals surface area contributed by atoms with Crippen LogP contribution in [0, 0.1) is 0 Å². The van der Waals surface area contributed by atoms with Crippen LogP contribution in [0.3, 0.4) is 0 Å². The van der Waals surface area contributed by atoms with E-state index in [9.17, 15) is 0 Å². The fraction of sp³-hybridized carbons (Fsp3) is 0. The van der Waals surface area contributed by atoms with Crippen molar-refractivity contribution in [2.75, 3.05) is 0 Å². The molecule has 0 saturated carbocycles. The molecule has 0 unspecified atom stereocenters. The topological polar surface area (TPSA) is 4.93 Å². The molecule has 192 valence electrons. The highest BCUT2D eigenvalue weighted by Gasteiger charge is 2.20. The molecular weight excluding hydrogens is 535 g/mol. The van der Waals surface area contributed by atoms with Gasteiger partial charge in [-0.3, -0.25) is 0 Å². The van der Waals surface area contributed by atoms with E-state index in [2.05, 4.69) is 144 Å². The molecular formula is C38H23NS2. The van der Waals surface area contributed by atoms with Gasteiger partial charge in [-0.05, 0) is 58.7 Å². The van der Waals surface area contributed by atoms with Crippen LogP contribution in [0.4, 0.5) is 0 Å². The standard InChI is InChI=1S/C38H23NS2/c1-3-10-24(11-4-1)25-18-20-29-30-21-19-26(23-35(30)40-34(29)22-25)28-15-9-17-33-36(28)37-38(41-33)31-14-7-8-16-32(31)39(37)27-12-5-2-6-13-27/h1-23H. The molecule has 0 fully saturated rings. The van der Waals surface area contributed by atoms with Gasteiger partial charge in [0.2, 0.25) is 0 Å². The fourth-order valence-electron chi connectivity index (χ4n) is 6.35. The summed E-state index contributed by atoms with van der Waals surface area (Å²) >= 11 is 3.80. The third-order valence-electron chi connectivity index (χ3n) is 8.21. The summed E-state index contributed by atoms with van der Waals surface area (Å²) in [5.41, 5.74) is 8.84. The maximum absolute atomic E-state index is 2.45. The average molecular weight is 558 g/mol. The van der Waals surface area contributed by atoms with Crippen molar-refractivity contribution in [1.29, 1.82) is 0 Å². The Labute approximate surface area is 245 Å². The number of para-hydroxylation sites is 2. The van der Waals surface area contributed by atoms with Gasteiger partial charge in [0.05, 0.1) is 15.7 Å². The van der Waals surface area contributed by atoms with E-state index in [0.29, 0.717) is 0 Å². The zero-order valence-corrected chi connectivity index (χ0v) is 23.7. The Hall–Kier alpha value is -4.70. The minimum Gasteiger partial charge on any atom is -0.308 e. The number of nitrogens with zero attached hydrogens (tertiary/aromatic N) is 1. The summed E-state index contributed by atoms with van der Waals surface area (Å²) in [5.74, 6) is 0. The van der Waals surface area contributed by atoms with Gasteiger partial charge in [0.1, 0.15) is 0 Å². The molecule has 9 rings (SSSR count). The summed E-state index contributed by atoms with van der Waals surface area (Å²) in [6.45, 7) is 0. The number of benzene rings is 6. The van der Waals surface area contributed by atoms with E-state index in [-0.39, 0.29) is 0 Å². The van der Waals surface area contributed by atoms with Crippen LogP contribution in [0.1, 0.15) is 0 Å². The third-order valence-corrected chi connectivity index (χ3v) is 10.5. The van der Waals surface area contributed by atoms with Crippen molar-refractivity contribution < 1.29 is 0 Å². The molecule has 0 spiro atoms. The minimum atomic E-state index is 1.20. The van der Waals surface area contributed by atoms with Crippen LogP contribution in [-0.2, 0) is 0 Å². The number of hydrogen-bond acceptors (Lipinski definition) is 2. The van der Waals surface area contributed by atoms with Crippen LogP contribution in [0.5, 0.6) is 0 Å². The van der Waals surface area contributed by atoms with E-state index in [0.717, 1.165) is 0 Å². The Morgan fingerprint density at radius 2 is 1.12 bits per heavy atom. The van der Waals surface area contributed by atoms with E-state index < -0.39 is 0 Å². The van der Waals surface area contributed by atoms with Crippen molar-refractivity contribution in [3.05, 3.63) is 140 Å². The van der Waals surface area contributed by atoms with Crippen molar-refractivity contribution in [1.82, 2.24) is 4.57 Å². The lowest BCUT2D eigenvalue weighted by Crippen LogP contribution is -1.93. The summed E-state index contributed by atoms with van der Waals surface area (Å²) in [6.07, 6.45) is 0. The quantitative estimate of drug-likeness (QED) is 0.204. The first-order valence-electron chi connectivity index (χ1n) is 13.9. The first kappa shape index (κ1) is 23.0. The molecule has 41 heavy (non-hydrogen) atoms. The molecule has 0 bridgehead atoms. The lowest BCUT2D eigenvalue weighted by molar-refractivity contribution is 1.19. The molecule has 0 aliphatic rings. The van der Waals surface area contributed by atoms with Gasteiger partial charge in [0.15, 0.2) is 0 Å². The second kappa shape index (κ2) is 8.90. The predicted octanol–water partition coefficient (Wildman–Crippen LogP) is 11.7. The van der Waals surface area contributed by atoms with Gasteiger partial charge in [-0.1, -0.05) is 103 Å². The zero-order chi connectivity index (χ0) is 26.9. The molecule has 0 saturated heterocycles. The Bertz CT molecular complexity index is 2410. The van der Waals surface area contributed by atoms with Gasteiger partial charge < -0.3 is 4.57 Å². The molecule has 0 amide bonds. The summed E-state index contributed by atoms with van der Waals surface area (Å²) < 4.78 is 7.79. The largest absolute Gasteiger partial charge is 0.308 e. The lowest BCUT2D eigenvalue weighted by atomic mass is 9.99. The number of hydrogen-bond donors (Lipinski definition) is 0. The van der Waals surface area contributed by atoms with Crippen molar-refractivity contribution in [2.24, 2.45) is 0 Å². The first-order chi connectivity index (χ1) is 20.3. The van der Waals surface area contributed by atoms with Crippen molar-refractivity contribution in [2.45, 2.75) is 0 Å². The second-order valence-electron chi connectivity index (χ2n) is 10.5. The highest BCUT2D eigenvalue weighted by atomic mass is 32.1. The van der Waals surface area contributed by atoms with Gasteiger partial charge >= 0.3 is 0 Å². The van der Waals surface area contributed by atoms with Crippen LogP contribution >= 0.6 is 22.7 Å². The minimum absolute atomic E-state index is 1.20. The molecule has 0 radical (unpaired) electrons. The highest BCUT2D eigenvalue weighted by Crippen LogP contribution is 2.46. The highest BCUT2D eigenvalue weighted by molar-refractivity contribution is 7.27. The smallest absolute Gasteiger partial charge is 0.0734 e. The average Bonchev–Trinajstić information content (AvgIpc) is 3.69. The van der Waals surface area contributed by atoms with Gasteiger partial charge in [0, 0.05) is 41.3 Å². The summed E-state index contributed by atoms with van der Waals surface area (Å²) in [5, 5.41) is 5.30. The Morgan fingerprint density at radius 3 is 1.93 bits per heavy atom. The zero-order valence-electron chi connectivity index (χ0n) is 22.0. The fourth-order valence-corrected chi connectivity index (χ4v) is 8.78. The van der Waals surface area contributed by atoms with Crippen LogP contribution < -0.4 is 0 Å². The Kier molecular flexibility index (Phi) is 5.00. The molecule has 1 nitrogen and oxygen atoms in total. The normalized spacial score (nSPS) is 11.9. The van der Waals surface area contributed by atoms with Crippen LogP contribution in [0.2, 0.25) is 0 Å². The van der Waals surface area contributed by atoms with Gasteiger partial charge in [-0.2, -0.15) is 0 Å². The molecule has 0 N–H and O–H groups in total. The van der Waals surface area contributed by atoms with E-state index >= 15 is 0 Å². The third kappa shape index (κ3) is 3.46. The summed E-state index contributed by atoms with van der Waals surface area (Å²) in [7, 11) is 0. The molecule has 3 heterocycles. The maximum atomic E-state index is 2.45. The van der Waals surface area contributed by atoms with E-state index in [1.54, 1.807) is 0 Å². The predicted molar refractivity (Wildman–Crippen MR) is 180 cm³/mol. The van der Waals surface area contributed by atoms with Gasteiger partial charge in [0.25, 0.3) is 0 Å². The molecule has 3 aromatic heterocycles. The van der Waals surface area contributed by atoms with Crippen molar-refractivity contribution in [3.8, 4) is 27.9 Å². The first-order valence-corrected chi connectivity index (χ1v) is 15.5. The SMILES string of the molecule is c1ccc(-c2ccc3c(c2)sc2cc(-c4cccc5sc6c7ccccc7n(-c7ccccc7)c6c45)ccc23)cc1. The molecule has 0 aliphatic heterocycles. The molecule has 6 aromatic carbocycles. The Balaban J connectivity index is 1.29. The van der Waals surface area contributed by atoms with E-state index in [4.69, 9.17) is 0 Å². The van der Waals surface area contributed by atoms with Gasteiger partial charge in [-0.25, -0.2) is 0 Å². The number of fused-ring (bicyclic) bond motifs is 8. The summed E-state index contributed by atoms with van der Waals surface area (Å²) in [4.78, 5) is 0. The monoisotopic (exact) mass is 557 g/mol. The molecule has 0 atom stereocenters. The molecule has 0 aliphatic carbocycles. The number of rotatable bonds is 3. The van der Waals surface area contributed by atoms with Crippen LogP contribution in [0.25, 0.3) is 79.3 Å².